The SMILES string of the molecule is C=CS(=O)(=O)N1CCCCC1C(=O)Cc1cccc(CNc2nc(NC3CCOCC3)nc3c(C(C)C)cnn23)c1. The molecule has 220 valence electrons. The summed E-state index contributed by atoms with van der Waals surface area (Å²) >= 11 is 0. The molecule has 2 N–H and O–H groups in total. The number of rotatable bonds is 11. The number of benzene rings is 1. The summed E-state index contributed by atoms with van der Waals surface area (Å²) in [5.41, 5.74) is 3.61. The minimum absolute atomic E-state index is 0.0978. The second kappa shape index (κ2) is 12.7. The fourth-order valence-electron chi connectivity index (χ4n) is 5.48. The zero-order valence-electron chi connectivity index (χ0n) is 23.8. The van der Waals surface area contributed by atoms with E-state index in [0.717, 1.165) is 66.6 Å². The van der Waals surface area contributed by atoms with Crippen molar-refractivity contribution in [2.75, 3.05) is 30.4 Å². The number of aromatic nitrogens is 4. The zero-order valence-corrected chi connectivity index (χ0v) is 24.6. The summed E-state index contributed by atoms with van der Waals surface area (Å²) in [5.74, 6) is 1.28. The second-order valence-electron chi connectivity index (χ2n) is 11.0. The Hall–Kier alpha value is -3.35. The average Bonchev–Trinajstić information content (AvgIpc) is 3.41. The predicted molar refractivity (Wildman–Crippen MR) is 158 cm³/mol. The highest BCUT2D eigenvalue weighted by molar-refractivity contribution is 7.92. The van der Waals surface area contributed by atoms with Crippen LogP contribution in [0, 0.1) is 0 Å². The first-order valence-corrected chi connectivity index (χ1v) is 15.8. The standard InChI is InChI=1S/C29H39N7O4S/c1-4-41(38,39)35-13-6-5-10-25(35)26(37)17-21-8-7-9-22(16-21)18-30-29-34-28(32-23-11-14-40-15-12-23)33-27-24(20(2)3)19-31-36(27)29/h4,7-9,16,19-20,23,25H,1,5-6,10-15,17-18H2,2-3H3,(H2,30,32,33,34). The van der Waals surface area contributed by atoms with E-state index in [1.165, 1.54) is 4.31 Å². The normalized spacial score (nSPS) is 19.0. The van der Waals surface area contributed by atoms with Crippen molar-refractivity contribution in [1.29, 1.82) is 0 Å². The molecule has 0 saturated carbocycles. The number of piperidine rings is 1. The largest absolute Gasteiger partial charge is 0.381 e. The second-order valence-corrected chi connectivity index (χ2v) is 12.9. The van der Waals surface area contributed by atoms with Crippen LogP contribution in [-0.4, -0.2) is 69.9 Å². The molecular formula is C29H39N7O4S. The number of hydrogen-bond donors (Lipinski definition) is 2. The number of hydrogen-bond acceptors (Lipinski definition) is 9. The van der Waals surface area contributed by atoms with Gasteiger partial charge >= 0.3 is 0 Å². The highest BCUT2D eigenvalue weighted by atomic mass is 32.2. The van der Waals surface area contributed by atoms with Crippen molar-refractivity contribution in [3.8, 4) is 0 Å². The number of nitrogens with one attached hydrogen (secondary N) is 2. The van der Waals surface area contributed by atoms with Gasteiger partial charge in [-0.15, -0.1) is 0 Å². The van der Waals surface area contributed by atoms with Gasteiger partial charge in [-0.3, -0.25) is 4.79 Å². The quantitative estimate of drug-likeness (QED) is 0.346. The summed E-state index contributed by atoms with van der Waals surface area (Å²) < 4.78 is 33.5. The molecule has 0 bridgehead atoms. The third kappa shape index (κ3) is 6.77. The van der Waals surface area contributed by atoms with Crippen LogP contribution in [0.3, 0.4) is 0 Å². The molecule has 5 rings (SSSR count). The molecule has 2 fully saturated rings. The number of fused-ring (bicyclic) bond motifs is 1. The fourth-order valence-corrected chi connectivity index (χ4v) is 6.63. The Labute approximate surface area is 241 Å². The number of nitrogens with zero attached hydrogens (tertiary/aromatic N) is 5. The van der Waals surface area contributed by atoms with Crippen LogP contribution in [0.5, 0.6) is 0 Å². The van der Waals surface area contributed by atoms with E-state index >= 15 is 0 Å². The van der Waals surface area contributed by atoms with Gasteiger partial charge in [-0.05, 0) is 42.7 Å². The van der Waals surface area contributed by atoms with Gasteiger partial charge in [-0.2, -0.15) is 23.9 Å². The zero-order chi connectivity index (χ0) is 29.0. The van der Waals surface area contributed by atoms with Crippen LogP contribution in [0.15, 0.2) is 42.4 Å². The van der Waals surface area contributed by atoms with Gasteiger partial charge in [0.25, 0.3) is 0 Å². The minimum atomic E-state index is -3.66. The molecule has 41 heavy (non-hydrogen) atoms. The molecule has 4 heterocycles. The molecule has 12 heteroatoms. The molecule has 2 aromatic heterocycles. The van der Waals surface area contributed by atoms with E-state index in [9.17, 15) is 13.2 Å². The van der Waals surface area contributed by atoms with Gasteiger partial charge in [-0.1, -0.05) is 51.1 Å². The van der Waals surface area contributed by atoms with E-state index in [1.54, 1.807) is 4.52 Å². The van der Waals surface area contributed by atoms with Gasteiger partial charge in [0.1, 0.15) is 0 Å². The molecule has 2 aliphatic rings. The topological polar surface area (TPSA) is 131 Å². The summed E-state index contributed by atoms with van der Waals surface area (Å²) in [4.78, 5) is 22.8. The van der Waals surface area contributed by atoms with E-state index in [1.807, 2.05) is 30.5 Å². The Bertz CT molecular complexity index is 1500. The molecule has 1 aromatic carbocycles. The van der Waals surface area contributed by atoms with Crippen LogP contribution in [0.4, 0.5) is 11.9 Å². The van der Waals surface area contributed by atoms with Crippen molar-refractivity contribution in [3.05, 3.63) is 59.1 Å². The van der Waals surface area contributed by atoms with Gasteiger partial charge in [0, 0.05) is 49.7 Å². The Kier molecular flexibility index (Phi) is 9.00. The van der Waals surface area contributed by atoms with Crippen LogP contribution in [0.25, 0.3) is 5.65 Å². The van der Waals surface area contributed by atoms with E-state index in [4.69, 9.17) is 14.7 Å². The third-order valence-electron chi connectivity index (χ3n) is 7.76. The molecule has 0 spiro atoms. The Morgan fingerprint density at radius 1 is 1.17 bits per heavy atom. The lowest BCUT2D eigenvalue weighted by atomic mass is 9.96. The van der Waals surface area contributed by atoms with Crippen LogP contribution < -0.4 is 10.6 Å². The number of Topliss-reactive ketones (excluding diaryl/α,β-unsaturated/α-hetero) is 1. The lowest BCUT2D eigenvalue weighted by Gasteiger charge is -2.32. The van der Waals surface area contributed by atoms with E-state index in [-0.39, 0.29) is 24.2 Å². The van der Waals surface area contributed by atoms with Crippen LogP contribution in [0.2, 0.25) is 0 Å². The van der Waals surface area contributed by atoms with E-state index in [0.29, 0.717) is 31.4 Å². The molecule has 0 aliphatic carbocycles. The van der Waals surface area contributed by atoms with E-state index in [2.05, 4.69) is 36.2 Å². The molecule has 2 saturated heterocycles. The van der Waals surface area contributed by atoms with Crippen molar-refractivity contribution in [1.82, 2.24) is 23.9 Å². The fraction of sp³-hybridized carbons (Fsp3) is 0.517. The van der Waals surface area contributed by atoms with Gasteiger partial charge in [0.05, 0.1) is 12.2 Å². The maximum absolute atomic E-state index is 13.2. The van der Waals surface area contributed by atoms with Gasteiger partial charge in [-0.25, -0.2) is 8.42 Å². The minimum Gasteiger partial charge on any atom is -0.381 e. The summed E-state index contributed by atoms with van der Waals surface area (Å²) in [6, 6.07) is 7.37. The lowest BCUT2D eigenvalue weighted by molar-refractivity contribution is -0.122. The summed E-state index contributed by atoms with van der Waals surface area (Å²) in [7, 11) is -3.66. The van der Waals surface area contributed by atoms with E-state index < -0.39 is 16.1 Å². The van der Waals surface area contributed by atoms with Gasteiger partial charge in [0.15, 0.2) is 11.4 Å². The van der Waals surface area contributed by atoms with Crippen LogP contribution in [0.1, 0.15) is 68.6 Å². The highest BCUT2D eigenvalue weighted by Gasteiger charge is 2.35. The molecule has 0 radical (unpaired) electrons. The number of anilines is 2. The summed E-state index contributed by atoms with van der Waals surface area (Å²) in [5, 5.41) is 12.4. The lowest BCUT2D eigenvalue weighted by Crippen LogP contribution is -2.47. The smallest absolute Gasteiger partial charge is 0.236 e. The number of ketones is 1. The van der Waals surface area contributed by atoms with Crippen LogP contribution in [-0.2, 0) is 32.5 Å². The van der Waals surface area contributed by atoms with Crippen molar-refractivity contribution >= 4 is 33.4 Å². The maximum atomic E-state index is 13.2. The number of carbonyl (C=O) groups is 1. The first-order chi connectivity index (χ1) is 19.7. The predicted octanol–water partition coefficient (Wildman–Crippen LogP) is 3.89. The molecule has 2 aliphatic heterocycles. The molecule has 11 nitrogen and oxygen atoms in total. The van der Waals surface area contributed by atoms with Crippen molar-refractivity contribution in [2.45, 2.75) is 76.9 Å². The van der Waals surface area contributed by atoms with Crippen molar-refractivity contribution in [2.24, 2.45) is 0 Å². The molecule has 1 unspecified atom stereocenters. The first kappa shape index (κ1) is 29.2. The Balaban J connectivity index is 1.32. The van der Waals surface area contributed by atoms with Crippen LogP contribution >= 0.6 is 0 Å². The summed E-state index contributed by atoms with van der Waals surface area (Å²) in [6.07, 6.45) is 5.91. The number of sulfonamides is 1. The molecule has 3 aromatic rings. The number of carbonyl (C=O) groups excluding carboxylic acids is 1. The monoisotopic (exact) mass is 581 g/mol. The van der Waals surface area contributed by atoms with Crippen molar-refractivity contribution in [3.63, 3.8) is 0 Å². The summed E-state index contributed by atoms with van der Waals surface area (Å²) in [6.45, 7) is 9.91. The van der Waals surface area contributed by atoms with Crippen molar-refractivity contribution < 1.29 is 17.9 Å². The molecule has 1 atom stereocenters. The number of ether oxygens (including phenoxy) is 1. The Morgan fingerprint density at radius 2 is 1.95 bits per heavy atom. The Morgan fingerprint density at radius 3 is 2.71 bits per heavy atom. The highest BCUT2D eigenvalue weighted by Crippen LogP contribution is 2.25. The maximum Gasteiger partial charge on any atom is 0.236 e. The molecular weight excluding hydrogens is 542 g/mol. The van der Waals surface area contributed by atoms with Gasteiger partial charge < -0.3 is 15.4 Å². The third-order valence-corrected chi connectivity index (χ3v) is 9.27. The average molecular weight is 582 g/mol. The van der Waals surface area contributed by atoms with Gasteiger partial charge in [0.2, 0.25) is 21.9 Å². The molecule has 0 amide bonds. The first-order valence-electron chi connectivity index (χ1n) is 14.3.